The van der Waals surface area contributed by atoms with Gasteiger partial charge in [-0.15, -0.1) is 0 Å². The molecule has 0 fully saturated rings. The van der Waals surface area contributed by atoms with Crippen LogP contribution in [0.2, 0.25) is 0 Å². The normalized spacial score (nSPS) is 17.6. The number of nitrogens with one attached hydrogen (secondary N) is 1. The minimum absolute atomic E-state index is 0.117. The highest BCUT2D eigenvalue weighted by Crippen LogP contribution is 2.39. The van der Waals surface area contributed by atoms with Crippen LogP contribution in [0.4, 0.5) is 11.4 Å². The standard InChI is InChI=1S/C11H7N2O2/c14-6-7-10(15)5-13-9-4-2-1-3-8(9)12-11(7)13/h1-4,12H,5H2. The molecule has 0 amide bonds. The Hall–Kier alpha value is -2.10. The number of carbonyl (C=O) groups excluding carboxylic acids is 2. The summed E-state index contributed by atoms with van der Waals surface area (Å²) in [6.45, 7) is 0.226. The Morgan fingerprint density at radius 2 is 2.13 bits per heavy atom. The van der Waals surface area contributed by atoms with Crippen LogP contribution in [0.25, 0.3) is 0 Å². The Morgan fingerprint density at radius 3 is 2.93 bits per heavy atom. The number of para-hydroxylation sites is 2. The van der Waals surface area contributed by atoms with E-state index in [4.69, 9.17) is 0 Å². The van der Waals surface area contributed by atoms with Gasteiger partial charge in [0.2, 0.25) is 6.29 Å². The van der Waals surface area contributed by atoms with Gasteiger partial charge in [-0.3, -0.25) is 9.59 Å². The van der Waals surface area contributed by atoms with E-state index in [1.165, 1.54) is 0 Å². The Kier molecular flexibility index (Phi) is 1.48. The number of ketones is 1. The quantitative estimate of drug-likeness (QED) is 0.680. The summed E-state index contributed by atoms with van der Waals surface area (Å²) < 4.78 is 0. The van der Waals surface area contributed by atoms with Gasteiger partial charge in [0, 0.05) is 0 Å². The van der Waals surface area contributed by atoms with Gasteiger partial charge in [0.05, 0.1) is 17.9 Å². The van der Waals surface area contributed by atoms with E-state index < -0.39 is 0 Å². The number of anilines is 2. The molecule has 0 aliphatic carbocycles. The van der Waals surface area contributed by atoms with Crippen molar-refractivity contribution in [2.45, 2.75) is 0 Å². The molecule has 4 nitrogen and oxygen atoms in total. The summed E-state index contributed by atoms with van der Waals surface area (Å²) in [7, 11) is 0. The molecule has 1 radical (unpaired) electrons. The maximum atomic E-state index is 11.4. The van der Waals surface area contributed by atoms with Crippen LogP contribution in [-0.2, 0) is 9.59 Å². The lowest BCUT2D eigenvalue weighted by atomic mass is 10.2. The highest BCUT2D eigenvalue weighted by molar-refractivity contribution is 6.19. The predicted molar refractivity (Wildman–Crippen MR) is 55.1 cm³/mol. The van der Waals surface area contributed by atoms with E-state index in [1.807, 2.05) is 24.3 Å². The van der Waals surface area contributed by atoms with Gasteiger partial charge in [-0.1, -0.05) is 12.1 Å². The van der Waals surface area contributed by atoms with E-state index >= 15 is 0 Å². The fraction of sp³-hybridized carbons (Fsp3) is 0.0909. The summed E-state index contributed by atoms with van der Waals surface area (Å²) >= 11 is 0. The van der Waals surface area contributed by atoms with Crippen LogP contribution in [-0.4, -0.2) is 18.6 Å². The molecular formula is C11H7N2O2. The number of hydrogen-bond donors (Lipinski definition) is 1. The van der Waals surface area contributed by atoms with E-state index in [1.54, 1.807) is 11.2 Å². The molecule has 0 spiro atoms. The zero-order chi connectivity index (χ0) is 10.4. The van der Waals surface area contributed by atoms with Crippen molar-refractivity contribution >= 4 is 23.4 Å². The summed E-state index contributed by atoms with van der Waals surface area (Å²) in [5.41, 5.74) is 1.98. The first-order chi connectivity index (χ1) is 7.31. The summed E-state index contributed by atoms with van der Waals surface area (Å²) in [5, 5.41) is 3.05. The molecule has 0 aromatic heterocycles. The molecule has 4 heteroatoms. The molecule has 0 saturated carbocycles. The van der Waals surface area contributed by atoms with E-state index in [0.717, 1.165) is 11.4 Å². The van der Waals surface area contributed by atoms with E-state index in [-0.39, 0.29) is 17.9 Å². The maximum Gasteiger partial charge on any atom is 0.241 e. The zero-order valence-corrected chi connectivity index (χ0v) is 7.78. The fourth-order valence-electron chi connectivity index (χ4n) is 1.95. The lowest BCUT2D eigenvalue weighted by Gasteiger charge is -2.11. The lowest BCUT2D eigenvalue weighted by Crippen LogP contribution is -2.18. The first-order valence-electron chi connectivity index (χ1n) is 4.60. The second-order valence-corrected chi connectivity index (χ2v) is 3.48. The second-order valence-electron chi connectivity index (χ2n) is 3.48. The Labute approximate surface area is 86.2 Å². The number of fused-ring (bicyclic) bond motifs is 3. The summed E-state index contributed by atoms with van der Waals surface area (Å²) in [4.78, 5) is 23.9. The van der Waals surface area contributed by atoms with Crippen molar-refractivity contribution in [3.05, 3.63) is 35.7 Å². The number of hydrogen-bond acceptors (Lipinski definition) is 4. The smallest absolute Gasteiger partial charge is 0.241 e. The Morgan fingerprint density at radius 1 is 1.33 bits per heavy atom. The zero-order valence-electron chi connectivity index (χ0n) is 7.78. The van der Waals surface area contributed by atoms with E-state index in [9.17, 15) is 9.59 Å². The molecule has 0 unspecified atom stereocenters. The molecule has 1 aromatic carbocycles. The third kappa shape index (κ3) is 0.958. The van der Waals surface area contributed by atoms with Crippen molar-refractivity contribution in [3.8, 4) is 0 Å². The second kappa shape index (κ2) is 2.70. The Balaban J connectivity index is 2.17. The molecule has 15 heavy (non-hydrogen) atoms. The molecule has 0 saturated heterocycles. The van der Waals surface area contributed by atoms with Crippen molar-refractivity contribution in [1.29, 1.82) is 0 Å². The van der Waals surface area contributed by atoms with Gasteiger partial charge in [0.25, 0.3) is 0 Å². The van der Waals surface area contributed by atoms with Crippen LogP contribution in [0, 0.1) is 0 Å². The molecule has 73 valence electrons. The van der Waals surface area contributed by atoms with Crippen molar-refractivity contribution in [3.63, 3.8) is 0 Å². The summed E-state index contributed by atoms with van der Waals surface area (Å²) in [5.74, 6) is 0.387. The molecule has 3 rings (SSSR count). The highest BCUT2D eigenvalue weighted by atomic mass is 16.1. The predicted octanol–water partition coefficient (Wildman–Crippen LogP) is 0.822. The maximum absolute atomic E-state index is 11.4. The minimum atomic E-state index is -0.179. The Bertz CT molecular complexity index is 505. The highest BCUT2D eigenvalue weighted by Gasteiger charge is 2.36. The van der Waals surface area contributed by atoms with Gasteiger partial charge in [0.1, 0.15) is 11.4 Å². The van der Waals surface area contributed by atoms with Crippen molar-refractivity contribution < 1.29 is 9.59 Å². The third-order valence-corrected chi connectivity index (χ3v) is 2.64. The number of benzene rings is 1. The van der Waals surface area contributed by atoms with Gasteiger partial charge < -0.3 is 10.2 Å². The van der Waals surface area contributed by atoms with Gasteiger partial charge in [-0.2, -0.15) is 0 Å². The summed E-state index contributed by atoms with van der Waals surface area (Å²) in [6, 6.07) is 7.63. The van der Waals surface area contributed by atoms with E-state index in [2.05, 4.69) is 5.32 Å². The monoisotopic (exact) mass is 199 g/mol. The molecule has 2 heterocycles. The molecular weight excluding hydrogens is 192 g/mol. The average Bonchev–Trinajstić information content (AvgIpc) is 2.72. The van der Waals surface area contributed by atoms with Crippen molar-refractivity contribution in [2.24, 2.45) is 0 Å². The molecule has 2 aliphatic heterocycles. The summed E-state index contributed by atoms with van der Waals surface area (Å²) in [6.07, 6.45) is 1.70. The van der Waals surface area contributed by atoms with E-state index in [0.29, 0.717) is 5.82 Å². The SMILES string of the molecule is O=[C]C1=C2Nc3ccccc3N2CC1=O. The number of carbonyl (C=O) groups is 1. The number of nitrogens with zero attached hydrogens (tertiary/aromatic N) is 1. The lowest BCUT2D eigenvalue weighted by molar-refractivity contribution is -0.113. The minimum Gasteiger partial charge on any atom is -0.339 e. The first kappa shape index (κ1) is 8.23. The number of Topliss-reactive ketones (excluding diaryl/α,β-unsaturated/α-hetero) is 1. The van der Waals surface area contributed by atoms with Crippen molar-refractivity contribution in [2.75, 3.05) is 16.8 Å². The molecule has 0 atom stereocenters. The van der Waals surface area contributed by atoms with Crippen LogP contribution in [0.5, 0.6) is 0 Å². The van der Waals surface area contributed by atoms with Crippen LogP contribution in [0.1, 0.15) is 0 Å². The number of rotatable bonds is 1. The van der Waals surface area contributed by atoms with Gasteiger partial charge >= 0.3 is 0 Å². The van der Waals surface area contributed by atoms with Gasteiger partial charge in [0.15, 0.2) is 5.78 Å². The molecule has 2 aliphatic rings. The topological polar surface area (TPSA) is 49.4 Å². The largest absolute Gasteiger partial charge is 0.339 e. The molecule has 1 N–H and O–H groups in total. The third-order valence-electron chi connectivity index (χ3n) is 2.64. The van der Waals surface area contributed by atoms with Crippen LogP contribution < -0.4 is 10.2 Å². The fourth-order valence-corrected chi connectivity index (χ4v) is 1.95. The molecule has 1 aromatic rings. The van der Waals surface area contributed by atoms with Gasteiger partial charge in [-0.25, -0.2) is 0 Å². The first-order valence-corrected chi connectivity index (χ1v) is 4.60. The van der Waals surface area contributed by atoms with Crippen LogP contribution >= 0.6 is 0 Å². The van der Waals surface area contributed by atoms with Gasteiger partial charge in [-0.05, 0) is 12.1 Å². The van der Waals surface area contributed by atoms with Crippen LogP contribution in [0.15, 0.2) is 35.7 Å². The average molecular weight is 199 g/mol. The van der Waals surface area contributed by atoms with Crippen molar-refractivity contribution in [1.82, 2.24) is 0 Å². The molecule has 0 bridgehead atoms. The van der Waals surface area contributed by atoms with Crippen LogP contribution in [0.3, 0.4) is 0 Å².